The molecule has 0 unspecified atom stereocenters. The molecule has 8 saturated carbocycles. The number of rotatable bonds is 4. The van der Waals surface area contributed by atoms with E-state index in [1.54, 1.807) is 48.5 Å². The van der Waals surface area contributed by atoms with Crippen molar-refractivity contribution in [3.05, 3.63) is 48.5 Å². The van der Waals surface area contributed by atoms with Crippen molar-refractivity contribution in [1.82, 2.24) is 0 Å². The summed E-state index contributed by atoms with van der Waals surface area (Å²) < 4.78 is 38.0. The zero-order chi connectivity index (χ0) is 62.8. The monoisotopic (exact) mass is 1220 g/mol. The Morgan fingerprint density at radius 1 is 0.443 bits per heavy atom. The van der Waals surface area contributed by atoms with Crippen molar-refractivity contribution in [3.8, 4) is 0 Å². The third-order valence-electron chi connectivity index (χ3n) is 25.1. The first-order valence-electron chi connectivity index (χ1n) is 33.2. The Labute approximate surface area is 519 Å². The van der Waals surface area contributed by atoms with E-state index >= 15 is 0 Å². The van der Waals surface area contributed by atoms with Crippen LogP contribution in [0.5, 0.6) is 0 Å². The molecule has 2 aromatic carbocycles. The van der Waals surface area contributed by atoms with Gasteiger partial charge in [0.05, 0.1) is 0 Å². The lowest BCUT2D eigenvalue weighted by atomic mass is 9.43. The van der Waals surface area contributed by atoms with Gasteiger partial charge in [0.1, 0.15) is 36.6 Å². The van der Waals surface area contributed by atoms with Crippen LogP contribution in [-0.4, -0.2) is 84.5 Å². The average Bonchev–Trinajstić information content (AvgIpc) is 1.34. The summed E-state index contributed by atoms with van der Waals surface area (Å²) in [5.41, 5.74) is 0.765. The number of hydrogen-bond acceptors (Lipinski definition) is 14. The van der Waals surface area contributed by atoms with Gasteiger partial charge in [0.25, 0.3) is 0 Å². The van der Waals surface area contributed by atoms with E-state index in [9.17, 15) is 38.4 Å². The summed E-state index contributed by atoms with van der Waals surface area (Å²) >= 11 is 0. The van der Waals surface area contributed by atoms with Crippen molar-refractivity contribution in [3.63, 3.8) is 0 Å². The minimum atomic E-state index is -0.619. The summed E-state index contributed by atoms with van der Waals surface area (Å²) in [6.45, 7) is 19.5. The number of benzene rings is 2. The molecule has 22 atom stereocenters. The van der Waals surface area contributed by atoms with Crippen LogP contribution in [0.25, 0.3) is 0 Å². The maximum absolute atomic E-state index is 13.8. The number of carbonyl (C=O) groups excluding carboxylic acids is 8. The van der Waals surface area contributed by atoms with Crippen molar-refractivity contribution >= 4 is 70.6 Å². The maximum atomic E-state index is 13.8. The summed E-state index contributed by atoms with van der Waals surface area (Å²) in [4.78, 5) is 107. The van der Waals surface area contributed by atoms with Gasteiger partial charge in [-0.25, -0.2) is 9.59 Å². The Morgan fingerprint density at radius 3 is 1.19 bits per heavy atom. The Kier molecular flexibility index (Phi) is 17.9. The second kappa shape index (κ2) is 24.9. The Balaban J connectivity index is 0.848. The molecule has 7 aliphatic heterocycles. The molecule has 0 aromatic heterocycles. The van der Waals surface area contributed by atoms with Crippen LogP contribution in [-0.2, 0) is 57.2 Å². The van der Waals surface area contributed by atoms with Crippen LogP contribution in [0.15, 0.2) is 48.5 Å². The van der Waals surface area contributed by atoms with E-state index in [1.807, 2.05) is 0 Å². The molecule has 18 heteroatoms. The first-order chi connectivity index (χ1) is 41.8. The number of carbonyl (C=O) groups is 8. The van der Waals surface area contributed by atoms with Crippen LogP contribution < -0.4 is 21.3 Å². The quantitative estimate of drug-likeness (QED) is 0.165. The van der Waals surface area contributed by atoms with Gasteiger partial charge in [0.15, 0.2) is 0 Å². The van der Waals surface area contributed by atoms with E-state index in [-0.39, 0.29) is 155 Å². The van der Waals surface area contributed by atoms with Crippen molar-refractivity contribution in [2.45, 2.75) is 221 Å². The standard InChI is InChI=1S/C70H96N4O14/c1-37-14-24-61(79)71-45-16-18-46(19-17-45)72-62(80)25-15-38(2)52-21-23-54-64-56(36-60(70(52,54)10)86-42(6)78)68(8)29-27-50(31-44(68)33-58(64)84-40(4)76)88-66(82)74-48-13-11-12-47(34-48)73-65(81)87-49-26-28-67(7)43(30-49)32-57(83-39(3)75)63-53-22-20-51(37)69(53,9)59(35-55(63)67)85-41(5)77/h11-13,16-19,34,37-38,43-44,49-60,63-64H,14-15,20-33,35-36H2,1-10H3,(H,71,79)(H,72,80)(H,73,81)(H,74,82)/t37-,38-,43+,44+,49-,50-,51-,52-,53+,54+,55+,56+,57-,58-,59+,60+,63+,64+,67+,68+,69-,70-/m1/s1. The van der Waals surface area contributed by atoms with Crippen LogP contribution >= 0.6 is 0 Å². The third kappa shape index (κ3) is 12.2. The molecule has 2 aromatic rings. The van der Waals surface area contributed by atoms with Gasteiger partial charge in [-0.15, -0.1) is 0 Å². The van der Waals surface area contributed by atoms with E-state index in [0.29, 0.717) is 87.0 Å². The molecule has 4 N–H and O–H groups in total. The molecule has 7 heterocycles. The minimum Gasteiger partial charge on any atom is -0.462 e. The number of nitrogens with one attached hydrogen (secondary N) is 4. The average molecular weight is 1220 g/mol. The van der Waals surface area contributed by atoms with Gasteiger partial charge < -0.3 is 39.1 Å². The Morgan fingerprint density at radius 2 is 0.818 bits per heavy atom. The highest BCUT2D eigenvalue weighted by atomic mass is 16.6. The van der Waals surface area contributed by atoms with Gasteiger partial charge >= 0.3 is 36.1 Å². The molecule has 20 bridgehead atoms. The normalized spacial score (nSPS) is 41.7. The van der Waals surface area contributed by atoms with E-state index in [1.165, 1.54) is 27.7 Å². The second-order valence-electron chi connectivity index (χ2n) is 29.7. The predicted molar refractivity (Wildman–Crippen MR) is 329 cm³/mol. The largest absolute Gasteiger partial charge is 0.462 e. The molecule has 88 heavy (non-hydrogen) atoms. The summed E-state index contributed by atoms with van der Waals surface area (Å²) in [7, 11) is 0. The third-order valence-corrected chi connectivity index (χ3v) is 25.1. The lowest BCUT2D eigenvalue weighted by Crippen LogP contribution is -2.63. The van der Waals surface area contributed by atoms with Gasteiger partial charge in [-0.3, -0.25) is 39.4 Å². The van der Waals surface area contributed by atoms with E-state index < -0.39 is 35.2 Å². The number of amides is 4. The molecule has 17 rings (SSSR count). The van der Waals surface area contributed by atoms with Gasteiger partial charge in [-0.2, -0.15) is 0 Å². The molecule has 0 radical (unpaired) electrons. The van der Waals surface area contributed by atoms with Crippen molar-refractivity contribution in [1.29, 1.82) is 0 Å². The lowest BCUT2D eigenvalue weighted by molar-refractivity contribution is -0.224. The first-order valence-corrected chi connectivity index (χ1v) is 33.2. The smallest absolute Gasteiger partial charge is 0.411 e. The molecule has 18 nitrogen and oxygen atoms in total. The fraction of sp³-hybridized carbons (Fsp3) is 0.714. The second-order valence-corrected chi connectivity index (χ2v) is 29.7. The molecular weight excluding hydrogens is 1120 g/mol. The van der Waals surface area contributed by atoms with Crippen LogP contribution in [0.3, 0.4) is 0 Å². The summed E-state index contributed by atoms with van der Waals surface area (Å²) in [5.74, 6) is -0.689. The van der Waals surface area contributed by atoms with Crippen molar-refractivity contribution in [2.24, 2.45) is 92.7 Å². The number of ether oxygens (including phenoxy) is 6. The van der Waals surface area contributed by atoms with Crippen molar-refractivity contribution < 1.29 is 66.8 Å². The number of anilines is 4. The van der Waals surface area contributed by atoms with Crippen LogP contribution in [0.4, 0.5) is 32.3 Å². The molecule has 480 valence electrons. The maximum Gasteiger partial charge on any atom is 0.411 e. The van der Waals surface area contributed by atoms with E-state index in [2.05, 4.69) is 62.8 Å². The molecule has 0 saturated heterocycles. The highest BCUT2D eigenvalue weighted by Gasteiger charge is 2.70. The van der Waals surface area contributed by atoms with E-state index in [0.717, 1.165) is 38.5 Å². The SMILES string of the molecule is CC(=O)O[C@H]1C[C@H]2[C@H]3[C@H](OC(C)=O)C[C@@H]4C[C@@H](CC[C@@]42C)OC(=O)Nc2cccc(c2)NC(=O)O[C@@H]2CC[C@@]4(C)[C@@H](C2)C[C@@H](OC(C)=O)[C@@H]2[C@@H]4C[C@H](OC(C)=O)[C@]4(C)[C@H](CC[C@@H]24)[C@H](C)CCC(=O)Nc2ccc(cc2)NC(=O)CC[C@@H](C)[C@H]2CC[C@@H]3[C@]12C. The van der Waals surface area contributed by atoms with Gasteiger partial charge in [0.2, 0.25) is 11.8 Å². The summed E-state index contributed by atoms with van der Waals surface area (Å²) in [6.07, 6.45) is 8.12. The molecule has 4 amide bonds. The molecular formula is C70H96N4O14. The van der Waals surface area contributed by atoms with Gasteiger partial charge in [-0.1, -0.05) is 47.6 Å². The summed E-state index contributed by atoms with van der Waals surface area (Å²) in [5, 5.41) is 11.9. The zero-order valence-corrected chi connectivity index (χ0v) is 53.5. The van der Waals surface area contributed by atoms with Crippen molar-refractivity contribution in [2.75, 3.05) is 21.3 Å². The Hall–Kier alpha value is -6.20. The topological polar surface area (TPSA) is 240 Å². The fourth-order valence-corrected chi connectivity index (χ4v) is 21.2. The highest BCUT2D eigenvalue weighted by molar-refractivity contribution is 5.93. The lowest BCUT2D eigenvalue weighted by Gasteiger charge is -2.64. The van der Waals surface area contributed by atoms with Crippen LogP contribution in [0.2, 0.25) is 0 Å². The first kappa shape index (κ1) is 63.4. The van der Waals surface area contributed by atoms with Gasteiger partial charge in [0, 0.05) is 86.0 Å². The number of hydrogen-bond donors (Lipinski definition) is 4. The van der Waals surface area contributed by atoms with Crippen LogP contribution in [0.1, 0.15) is 185 Å². The number of esters is 4. The Bertz CT molecular complexity index is 2820. The molecule has 8 aliphatic carbocycles. The highest BCUT2D eigenvalue weighted by Crippen LogP contribution is 2.71. The fourth-order valence-electron chi connectivity index (χ4n) is 21.2. The molecule has 0 spiro atoms. The molecule has 15 aliphatic rings. The summed E-state index contributed by atoms with van der Waals surface area (Å²) in [6, 6.07) is 14.1. The predicted octanol–water partition coefficient (Wildman–Crippen LogP) is 13.4. The minimum absolute atomic E-state index is 0.0222. The van der Waals surface area contributed by atoms with E-state index in [4.69, 9.17) is 28.4 Å². The zero-order valence-electron chi connectivity index (χ0n) is 53.5. The van der Waals surface area contributed by atoms with Gasteiger partial charge in [-0.05, 0) is 215 Å². The van der Waals surface area contributed by atoms with Crippen LogP contribution in [0, 0.1) is 92.7 Å². The molecule has 8 fully saturated rings. The number of fused-ring (bicyclic) bond motifs is 1.